The lowest BCUT2D eigenvalue weighted by molar-refractivity contribution is -0.383. The van der Waals surface area contributed by atoms with Gasteiger partial charge in [-0.25, -0.2) is 0 Å². The average Bonchev–Trinajstić information content (AvgIpc) is 2.87. The predicted molar refractivity (Wildman–Crippen MR) is 76.3 cm³/mol. The fraction of sp³-hybridized carbons (Fsp3) is 0.538. The van der Waals surface area contributed by atoms with Crippen molar-refractivity contribution in [2.45, 2.75) is 19.3 Å². The number of nitrogens with one attached hydrogen (secondary N) is 1. The summed E-state index contributed by atoms with van der Waals surface area (Å²) < 4.78 is 0. The molecular weight excluding hydrogens is 244 g/mol. The van der Waals surface area contributed by atoms with Crippen LogP contribution in [0.3, 0.4) is 0 Å². The van der Waals surface area contributed by atoms with Gasteiger partial charge in [0.05, 0.1) is 4.92 Å². The van der Waals surface area contributed by atoms with Crippen molar-refractivity contribution < 1.29 is 4.92 Å². The van der Waals surface area contributed by atoms with Crippen LogP contribution in [0.15, 0.2) is 18.2 Å². The Bertz CT molecular complexity index is 444. The Hall–Kier alpha value is -1.82. The minimum atomic E-state index is -0.466. The molecule has 19 heavy (non-hydrogen) atoms. The zero-order valence-electron chi connectivity index (χ0n) is 11.0. The number of nitrogens with two attached hydrogens (primary N) is 1. The van der Waals surface area contributed by atoms with Gasteiger partial charge in [-0.2, -0.15) is 0 Å². The molecule has 6 nitrogen and oxygen atoms in total. The molecule has 1 fully saturated rings. The van der Waals surface area contributed by atoms with E-state index in [2.05, 4.69) is 10.2 Å². The molecule has 0 spiro atoms. The summed E-state index contributed by atoms with van der Waals surface area (Å²) >= 11 is 0. The van der Waals surface area contributed by atoms with Crippen molar-refractivity contribution in [2.75, 3.05) is 37.2 Å². The van der Waals surface area contributed by atoms with Crippen LogP contribution in [-0.4, -0.2) is 36.0 Å². The highest BCUT2D eigenvalue weighted by Crippen LogP contribution is 2.24. The SMILES string of the molecule is Nc1cc(NCCCN2CCCC2)ccc1[N+](=O)[O-]. The molecule has 1 saturated heterocycles. The van der Waals surface area contributed by atoms with Gasteiger partial charge in [0, 0.05) is 18.3 Å². The molecule has 6 heteroatoms. The van der Waals surface area contributed by atoms with Crippen molar-refractivity contribution >= 4 is 17.1 Å². The normalized spacial score (nSPS) is 15.6. The van der Waals surface area contributed by atoms with E-state index in [4.69, 9.17) is 5.73 Å². The van der Waals surface area contributed by atoms with E-state index in [0.29, 0.717) is 0 Å². The number of nitrogens with zero attached hydrogens (tertiary/aromatic N) is 2. The first-order chi connectivity index (χ1) is 9.16. The summed E-state index contributed by atoms with van der Waals surface area (Å²) in [6.45, 7) is 4.39. The molecule has 0 atom stereocenters. The first-order valence-corrected chi connectivity index (χ1v) is 6.67. The summed E-state index contributed by atoms with van der Waals surface area (Å²) in [6.07, 6.45) is 3.69. The fourth-order valence-electron chi connectivity index (χ4n) is 2.37. The van der Waals surface area contributed by atoms with Crippen LogP contribution in [0.5, 0.6) is 0 Å². The summed E-state index contributed by atoms with van der Waals surface area (Å²) in [5.41, 5.74) is 6.64. The Morgan fingerprint density at radius 3 is 2.74 bits per heavy atom. The van der Waals surface area contributed by atoms with Gasteiger partial charge in [0.1, 0.15) is 5.69 Å². The van der Waals surface area contributed by atoms with Crippen LogP contribution in [0.4, 0.5) is 17.1 Å². The number of hydrogen-bond donors (Lipinski definition) is 2. The molecule has 1 aromatic rings. The summed E-state index contributed by atoms with van der Waals surface area (Å²) in [7, 11) is 0. The molecule has 1 aliphatic rings. The van der Waals surface area contributed by atoms with E-state index < -0.39 is 4.92 Å². The lowest BCUT2D eigenvalue weighted by atomic mass is 10.2. The predicted octanol–water partition coefficient (Wildman–Crippen LogP) is 2.07. The van der Waals surface area contributed by atoms with E-state index in [1.807, 2.05) is 0 Å². The van der Waals surface area contributed by atoms with Crippen molar-refractivity contribution in [3.8, 4) is 0 Å². The van der Waals surface area contributed by atoms with Crippen LogP contribution < -0.4 is 11.1 Å². The molecular formula is C13H20N4O2. The van der Waals surface area contributed by atoms with Crippen molar-refractivity contribution in [1.82, 2.24) is 4.90 Å². The second-order valence-electron chi connectivity index (χ2n) is 4.86. The largest absolute Gasteiger partial charge is 0.393 e. The topological polar surface area (TPSA) is 84.4 Å². The number of likely N-dealkylation sites (tertiary alicyclic amines) is 1. The number of anilines is 2. The smallest absolute Gasteiger partial charge is 0.292 e. The molecule has 0 unspecified atom stereocenters. The Morgan fingerprint density at radius 2 is 2.11 bits per heavy atom. The van der Waals surface area contributed by atoms with Crippen molar-refractivity contribution in [2.24, 2.45) is 0 Å². The summed E-state index contributed by atoms with van der Waals surface area (Å²) in [5, 5.41) is 13.9. The third kappa shape index (κ3) is 3.82. The van der Waals surface area contributed by atoms with Gasteiger partial charge in [-0.05, 0) is 51.0 Å². The number of rotatable bonds is 6. The summed E-state index contributed by atoms with van der Waals surface area (Å²) in [4.78, 5) is 12.6. The lowest BCUT2D eigenvalue weighted by Crippen LogP contribution is -2.22. The van der Waals surface area contributed by atoms with Gasteiger partial charge in [0.2, 0.25) is 0 Å². The minimum absolute atomic E-state index is 0.0392. The molecule has 104 valence electrons. The molecule has 0 amide bonds. The van der Waals surface area contributed by atoms with Gasteiger partial charge in [-0.15, -0.1) is 0 Å². The van der Waals surface area contributed by atoms with Crippen molar-refractivity contribution in [3.05, 3.63) is 28.3 Å². The Kier molecular flexibility index (Phi) is 4.57. The molecule has 1 aromatic carbocycles. The van der Waals surface area contributed by atoms with Crippen molar-refractivity contribution in [3.63, 3.8) is 0 Å². The van der Waals surface area contributed by atoms with Gasteiger partial charge in [-0.3, -0.25) is 10.1 Å². The summed E-state index contributed by atoms with van der Waals surface area (Å²) in [6, 6.07) is 4.76. The Morgan fingerprint density at radius 1 is 1.37 bits per heavy atom. The Labute approximate surface area is 112 Å². The summed E-state index contributed by atoms with van der Waals surface area (Å²) in [5.74, 6) is 0. The first-order valence-electron chi connectivity index (χ1n) is 6.67. The molecule has 0 bridgehead atoms. The zero-order valence-corrected chi connectivity index (χ0v) is 11.0. The molecule has 2 rings (SSSR count). The van der Waals surface area contributed by atoms with E-state index in [0.717, 1.165) is 25.2 Å². The second-order valence-corrected chi connectivity index (χ2v) is 4.86. The van der Waals surface area contributed by atoms with Crippen LogP contribution in [0.1, 0.15) is 19.3 Å². The number of nitro groups is 1. The standard InChI is InChI=1S/C13H20N4O2/c14-12-10-11(4-5-13(12)17(18)19)15-6-3-9-16-7-1-2-8-16/h4-5,10,15H,1-3,6-9,14H2. The average molecular weight is 264 g/mol. The highest BCUT2D eigenvalue weighted by atomic mass is 16.6. The molecule has 0 saturated carbocycles. The van der Waals surface area contributed by atoms with E-state index in [1.54, 1.807) is 12.1 Å². The van der Waals surface area contributed by atoms with Crippen LogP contribution >= 0.6 is 0 Å². The van der Waals surface area contributed by atoms with Crippen LogP contribution in [0.2, 0.25) is 0 Å². The third-order valence-corrected chi connectivity index (χ3v) is 3.40. The van der Waals surface area contributed by atoms with E-state index >= 15 is 0 Å². The van der Waals surface area contributed by atoms with E-state index in [1.165, 1.54) is 32.0 Å². The van der Waals surface area contributed by atoms with Crippen molar-refractivity contribution in [1.29, 1.82) is 0 Å². The first kappa shape index (κ1) is 13.6. The van der Waals surface area contributed by atoms with Gasteiger partial charge in [-0.1, -0.05) is 0 Å². The maximum Gasteiger partial charge on any atom is 0.292 e. The number of hydrogen-bond acceptors (Lipinski definition) is 5. The van der Waals surface area contributed by atoms with E-state index in [-0.39, 0.29) is 11.4 Å². The molecule has 3 N–H and O–H groups in total. The third-order valence-electron chi connectivity index (χ3n) is 3.40. The molecule has 0 aliphatic carbocycles. The zero-order chi connectivity index (χ0) is 13.7. The van der Waals surface area contributed by atoms with Gasteiger partial charge < -0.3 is 16.0 Å². The van der Waals surface area contributed by atoms with E-state index in [9.17, 15) is 10.1 Å². The second kappa shape index (κ2) is 6.38. The molecule has 1 heterocycles. The van der Waals surface area contributed by atoms with Crippen LogP contribution in [0, 0.1) is 10.1 Å². The number of nitrogen functional groups attached to an aromatic ring is 1. The maximum absolute atomic E-state index is 10.6. The fourth-order valence-corrected chi connectivity index (χ4v) is 2.37. The van der Waals surface area contributed by atoms with Crippen LogP contribution in [-0.2, 0) is 0 Å². The molecule has 0 aromatic heterocycles. The van der Waals surface area contributed by atoms with Crippen LogP contribution in [0.25, 0.3) is 0 Å². The minimum Gasteiger partial charge on any atom is -0.393 e. The quantitative estimate of drug-likeness (QED) is 0.355. The molecule has 0 radical (unpaired) electrons. The Balaban J connectivity index is 1.76. The number of benzene rings is 1. The van der Waals surface area contributed by atoms with Gasteiger partial charge in [0.15, 0.2) is 0 Å². The monoisotopic (exact) mass is 264 g/mol. The van der Waals surface area contributed by atoms with Gasteiger partial charge in [0.25, 0.3) is 5.69 Å². The lowest BCUT2D eigenvalue weighted by Gasteiger charge is -2.14. The van der Waals surface area contributed by atoms with Gasteiger partial charge >= 0.3 is 0 Å². The number of nitro benzene ring substituents is 1. The highest BCUT2D eigenvalue weighted by molar-refractivity contribution is 5.65. The molecule has 1 aliphatic heterocycles. The highest BCUT2D eigenvalue weighted by Gasteiger charge is 2.12. The maximum atomic E-state index is 10.6.